The average Bonchev–Trinajstić information content (AvgIpc) is 2.81. The van der Waals surface area contributed by atoms with Gasteiger partial charge in [-0.15, -0.1) is 0 Å². The molecule has 27 heavy (non-hydrogen) atoms. The standard InChI is InChI=1S/C19H29BN2O5/c1-8-16(23)22-15-11-13(12(2)25-17(24)21-7)9-10-14(15)20-26-18(3,4)19(5,6)27-20/h9-12H,8H2,1-7H3,(H,21,24)(H,22,23). The van der Waals surface area contributed by atoms with Gasteiger partial charge in [0, 0.05) is 24.6 Å². The lowest BCUT2D eigenvalue weighted by Gasteiger charge is -2.32. The zero-order chi connectivity index (χ0) is 20.4. The second-order valence-electron chi connectivity index (χ2n) is 7.63. The monoisotopic (exact) mass is 376 g/mol. The first-order chi connectivity index (χ1) is 12.5. The SMILES string of the molecule is CCC(=O)Nc1cc(C(C)OC(=O)NC)ccc1B1OC(C)(C)C(C)(C)O1. The van der Waals surface area contributed by atoms with Crippen molar-refractivity contribution >= 4 is 30.3 Å². The molecule has 2 amide bonds. The molecule has 1 atom stereocenters. The van der Waals surface area contributed by atoms with Crippen molar-refractivity contribution in [2.75, 3.05) is 12.4 Å². The summed E-state index contributed by atoms with van der Waals surface area (Å²) in [4.78, 5) is 23.5. The highest BCUT2D eigenvalue weighted by Gasteiger charge is 2.52. The first-order valence-electron chi connectivity index (χ1n) is 9.18. The molecule has 1 heterocycles. The fraction of sp³-hybridized carbons (Fsp3) is 0.579. The number of alkyl carbamates (subject to hydrolysis) is 1. The van der Waals surface area contributed by atoms with Gasteiger partial charge in [0.2, 0.25) is 5.91 Å². The molecule has 1 unspecified atom stereocenters. The van der Waals surface area contributed by atoms with E-state index in [1.807, 2.05) is 39.8 Å². The molecule has 1 saturated heterocycles. The molecule has 8 heteroatoms. The van der Waals surface area contributed by atoms with E-state index in [-0.39, 0.29) is 5.91 Å². The third-order valence-corrected chi connectivity index (χ3v) is 5.14. The van der Waals surface area contributed by atoms with Gasteiger partial charge in [-0.3, -0.25) is 4.79 Å². The van der Waals surface area contributed by atoms with Crippen molar-refractivity contribution in [2.24, 2.45) is 0 Å². The van der Waals surface area contributed by atoms with Crippen LogP contribution in [0.3, 0.4) is 0 Å². The van der Waals surface area contributed by atoms with Crippen LogP contribution in [0.2, 0.25) is 0 Å². The molecule has 2 N–H and O–H groups in total. The maximum Gasteiger partial charge on any atom is 0.496 e. The van der Waals surface area contributed by atoms with E-state index in [1.54, 1.807) is 19.9 Å². The third-order valence-electron chi connectivity index (χ3n) is 5.14. The van der Waals surface area contributed by atoms with Crippen molar-refractivity contribution in [3.63, 3.8) is 0 Å². The molecule has 1 aromatic carbocycles. The van der Waals surface area contributed by atoms with Gasteiger partial charge in [-0.05, 0) is 46.2 Å². The second-order valence-corrected chi connectivity index (χ2v) is 7.63. The zero-order valence-corrected chi connectivity index (χ0v) is 17.1. The van der Waals surface area contributed by atoms with Crippen molar-refractivity contribution in [2.45, 2.75) is 65.3 Å². The topological polar surface area (TPSA) is 85.9 Å². The number of carbonyl (C=O) groups is 2. The van der Waals surface area contributed by atoms with E-state index in [4.69, 9.17) is 14.0 Å². The molecule has 1 aliphatic rings. The van der Waals surface area contributed by atoms with Gasteiger partial charge in [0.15, 0.2) is 0 Å². The van der Waals surface area contributed by atoms with Gasteiger partial charge in [-0.1, -0.05) is 19.1 Å². The molecule has 2 rings (SSSR count). The fourth-order valence-corrected chi connectivity index (χ4v) is 2.64. The third kappa shape index (κ3) is 4.62. The Labute approximate surface area is 161 Å². The smallest absolute Gasteiger partial charge is 0.442 e. The highest BCUT2D eigenvalue weighted by atomic mass is 16.7. The Morgan fingerprint density at radius 2 is 1.78 bits per heavy atom. The highest BCUT2D eigenvalue weighted by Crippen LogP contribution is 2.37. The molecule has 1 aromatic rings. The number of nitrogens with one attached hydrogen (secondary N) is 2. The Balaban J connectivity index is 2.37. The van der Waals surface area contributed by atoms with E-state index in [9.17, 15) is 9.59 Å². The van der Waals surface area contributed by atoms with Gasteiger partial charge in [0.25, 0.3) is 0 Å². The lowest BCUT2D eigenvalue weighted by Crippen LogP contribution is -2.41. The minimum atomic E-state index is -0.605. The van der Waals surface area contributed by atoms with Crippen LogP contribution >= 0.6 is 0 Å². The average molecular weight is 376 g/mol. The van der Waals surface area contributed by atoms with Crippen molar-refractivity contribution in [3.8, 4) is 0 Å². The number of rotatable bonds is 5. The Bertz CT molecular complexity index is 704. The van der Waals surface area contributed by atoms with Gasteiger partial charge in [0.1, 0.15) is 6.10 Å². The molecule has 0 bridgehead atoms. The molecule has 0 radical (unpaired) electrons. The summed E-state index contributed by atoms with van der Waals surface area (Å²) in [6.07, 6.45) is -0.650. The molecule has 148 valence electrons. The van der Waals surface area contributed by atoms with Gasteiger partial charge in [-0.2, -0.15) is 0 Å². The predicted molar refractivity (Wildman–Crippen MR) is 105 cm³/mol. The number of benzene rings is 1. The molecule has 7 nitrogen and oxygen atoms in total. The van der Waals surface area contributed by atoms with Crippen molar-refractivity contribution in [1.29, 1.82) is 0 Å². The maximum atomic E-state index is 12.0. The van der Waals surface area contributed by atoms with E-state index in [1.165, 1.54) is 7.05 Å². The Kier molecular flexibility index (Phi) is 6.22. The molecule has 0 aromatic heterocycles. The van der Waals surface area contributed by atoms with E-state index in [2.05, 4.69) is 10.6 Å². The first-order valence-corrected chi connectivity index (χ1v) is 9.18. The summed E-state index contributed by atoms with van der Waals surface area (Å²) in [6, 6.07) is 5.48. The Morgan fingerprint density at radius 1 is 1.19 bits per heavy atom. The van der Waals surface area contributed by atoms with Crippen LogP contribution in [0.25, 0.3) is 0 Å². The van der Waals surface area contributed by atoms with Gasteiger partial charge in [0.05, 0.1) is 11.2 Å². The lowest BCUT2D eigenvalue weighted by molar-refractivity contribution is -0.115. The molecule has 1 aliphatic heterocycles. The summed E-state index contributed by atoms with van der Waals surface area (Å²) in [5.41, 5.74) is 1.09. The molecule has 0 saturated carbocycles. The van der Waals surface area contributed by atoms with Crippen LogP contribution in [0.4, 0.5) is 10.5 Å². The van der Waals surface area contributed by atoms with Crippen LogP contribution in [-0.4, -0.2) is 37.4 Å². The summed E-state index contributed by atoms with van der Waals surface area (Å²) in [7, 11) is 0.898. The number of anilines is 1. The van der Waals surface area contributed by atoms with Crippen LogP contribution in [0.15, 0.2) is 18.2 Å². The van der Waals surface area contributed by atoms with E-state index in [0.29, 0.717) is 12.1 Å². The highest BCUT2D eigenvalue weighted by molar-refractivity contribution is 6.64. The van der Waals surface area contributed by atoms with Gasteiger partial charge < -0.3 is 24.7 Å². The summed E-state index contributed by atoms with van der Waals surface area (Å²) in [5, 5.41) is 5.32. The number of carbonyl (C=O) groups excluding carboxylic acids is 2. The maximum absolute atomic E-state index is 12.0. The van der Waals surface area contributed by atoms with Crippen molar-refractivity contribution in [3.05, 3.63) is 23.8 Å². The minimum Gasteiger partial charge on any atom is -0.442 e. The minimum absolute atomic E-state index is 0.121. The molecular weight excluding hydrogens is 347 g/mol. The number of amides is 2. The fourth-order valence-electron chi connectivity index (χ4n) is 2.64. The Hall–Kier alpha value is -2.06. The summed E-state index contributed by atoms with van der Waals surface area (Å²) < 4.78 is 17.5. The second kappa shape index (κ2) is 7.90. The largest absolute Gasteiger partial charge is 0.496 e. The normalized spacial score (nSPS) is 18.7. The lowest BCUT2D eigenvalue weighted by atomic mass is 9.77. The van der Waals surface area contributed by atoms with Crippen molar-refractivity contribution < 1.29 is 23.6 Å². The number of hydrogen-bond donors (Lipinski definition) is 2. The summed E-state index contributed by atoms with van der Waals surface area (Å²) in [5.74, 6) is -0.121. The number of ether oxygens (including phenoxy) is 1. The van der Waals surface area contributed by atoms with Crippen LogP contribution < -0.4 is 16.1 Å². The number of hydrogen-bond acceptors (Lipinski definition) is 5. The first kappa shape index (κ1) is 21.2. The van der Waals surface area contributed by atoms with Crippen LogP contribution in [0.1, 0.15) is 59.6 Å². The van der Waals surface area contributed by atoms with Crippen LogP contribution in [0, 0.1) is 0 Å². The van der Waals surface area contributed by atoms with Crippen LogP contribution in [0.5, 0.6) is 0 Å². The van der Waals surface area contributed by atoms with Crippen molar-refractivity contribution in [1.82, 2.24) is 5.32 Å². The molecule has 0 aliphatic carbocycles. The zero-order valence-electron chi connectivity index (χ0n) is 17.1. The molecule has 1 fully saturated rings. The summed E-state index contributed by atoms with van der Waals surface area (Å²) in [6.45, 7) is 11.5. The van der Waals surface area contributed by atoms with Gasteiger partial charge in [-0.25, -0.2) is 4.79 Å². The predicted octanol–water partition coefficient (Wildman–Crippen LogP) is 2.75. The quantitative estimate of drug-likeness (QED) is 0.772. The molecular formula is C19H29BN2O5. The summed E-state index contributed by atoms with van der Waals surface area (Å²) >= 11 is 0. The van der Waals surface area contributed by atoms with Crippen LogP contribution in [-0.2, 0) is 18.8 Å². The van der Waals surface area contributed by atoms with E-state index < -0.39 is 30.5 Å². The van der Waals surface area contributed by atoms with E-state index >= 15 is 0 Å². The van der Waals surface area contributed by atoms with Gasteiger partial charge >= 0.3 is 13.2 Å². The Morgan fingerprint density at radius 3 is 2.30 bits per heavy atom. The molecule has 0 spiro atoms. The van der Waals surface area contributed by atoms with E-state index in [0.717, 1.165) is 11.0 Å².